The van der Waals surface area contributed by atoms with Crippen molar-refractivity contribution < 1.29 is 18.3 Å². The van der Waals surface area contributed by atoms with E-state index in [1.807, 2.05) is 0 Å². The number of halogens is 1. The molecule has 3 N–H and O–H groups in total. The van der Waals surface area contributed by atoms with Gasteiger partial charge in [0.05, 0.1) is 0 Å². The van der Waals surface area contributed by atoms with Crippen molar-refractivity contribution in [1.82, 2.24) is 5.32 Å². The lowest BCUT2D eigenvalue weighted by molar-refractivity contribution is 0.0921. The minimum absolute atomic E-state index is 0.173. The van der Waals surface area contributed by atoms with Crippen LogP contribution in [0, 0.1) is 5.82 Å². The fourth-order valence-electron chi connectivity index (χ4n) is 1.82. The molecule has 5 nitrogen and oxygen atoms in total. The number of benzene rings is 1. The average Bonchev–Trinajstić information content (AvgIpc) is 3.00. The van der Waals surface area contributed by atoms with Crippen LogP contribution in [-0.4, -0.2) is 19.0 Å². The Hall–Kier alpha value is -2.34. The lowest BCUT2D eigenvalue weighted by Crippen LogP contribution is -2.24. The van der Waals surface area contributed by atoms with Gasteiger partial charge in [0, 0.05) is 6.54 Å². The number of furan rings is 1. The Morgan fingerprint density at radius 3 is 2.68 bits per heavy atom. The lowest BCUT2D eigenvalue weighted by atomic mass is 10.3. The zero-order valence-corrected chi connectivity index (χ0v) is 12.2. The summed E-state index contributed by atoms with van der Waals surface area (Å²) in [5.74, 6) is 0.719. The van der Waals surface area contributed by atoms with Gasteiger partial charge in [0.25, 0.3) is 5.91 Å². The smallest absolute Gasteiger partial charge is 0.286 e. The zero-order chi connectivity index (χ0) is 15.8. The van der Waals surface area contributed by atoms with Crippen LogP contribution in [0.2, 0.25) is 0 Å². The zero-order valence-electron chi connectivity index (χ0n) is 12.2. The van der Waals surface area contributed by atoms with Crippen molar-refractivity contribution in [3.63, 3.8) is 0 Å². The van der Waals surface area contributed by atoms with Crippen molar-refractivity contribution in [1.29, 1.82) is 0 Å². The number of carbonyl (C=O) groups is 1. The van der Waals surface area contributed by atoms with Gasteiger partial charge in [0.1, 0.15) is 23.9 Å². The number of hydrogen-bond donors (Lipinski definition) is 2. The number of hydrogen-bond acceptors (Lipinski definition) is 4. The molecule has 0 unspecified atom stereocenters. The standard InChI is InChI=1S/C16H19FN2O3/c17-12-3-5-13(6-4-12)21-11-14-7-8-15(22-14)16(20)19-10-2-1-9-18/h3-8H,1-2,9-11,18H2,(H,19,20). The molecular formula is C16H19FN2O3. The fourth-order valence-corrected chi connectivity index (χ4v) is 1.82. The highest BCUT2D eigenvalue weighted by Crippen LogP contribution is 2.15. The van der Waals surface area contributed by atoms with Crippen LogP contribution in [0.1, 0.15) is 29.2 Å². The van der Waals surface area contributed by atoms with E-state index >= 15 is 0 Å². The van der Waals surface area contributed by atoms with Gasteiger partial charge in [-0.25, -0.2) is 4.39 Å². The van der Waals surface area contributed by atoms with Crippen molar-refractivity contribution in [2.24, 2.45) is 5.73 Å². The van der Waals surface area contributed by atoms with E-state index in [1.54, 1.807) is 12.1 Å². The highest BCUT2D eigenvalue weighted by Gasteiger charge is 2.10. The van der Waals surface area contributed by atoms with E-state index in [0.717, 1.165) is 12.8 Å². The molecule has 0 bridgehead atoms. The second-order valence-electron chi connectivity index (χ2n) is 4.76. The molecule has 0 atom stereocenters. The van der Waals surface area contributed by atoms with Gasteiger partial charge < -0.3 is 20.2 Å². The van der Waals surface area contributed by atoms with Crippen LogP contribution in [-0.2, 0) is 6.61 Å². The molecular weight excluding hydrogens is 287 g/mol. The Balaban J connectivity index is 1.80. The van der Waals surface area contributed by atoms with Crippen molar-refractivity contribution >= 4 is 5.91 Å². The predicted octanol–water partition coefficient (Wildman–Crippen LogP) is 2.47. The van der Waals surface area contributed by atoms with Crippen molar-refractivity contribution in [2.45, 2.75) is 19.4 Å². The summed E-state index contributed by atoms with van der Waals surface area (Å²) in [7, 11) is 0. The molecule has 1 aromatic carbocycles. The van der Waals surface area contributed by atoms with Crippen LogP contribution in [0.25, 0.3) is 0 Å². The predicted molar refractivity (Wildman–Crippen MR) is 80.1 cm³/mol. The largest absolute Gasteiger partial charge is 0.486 e. The average molecular weight is 306 g/mol. The molecule has 0 radical (unpaired) electrons. The normalized spacial score (nSPS) is 10.5. The summed E-state index contributed by atoms with van der Waals surface area (Å²) in [6.07, 6.45) is 1.71. The molecule has 22 heavy (non-hydrogen) atoms. The highest BCUT2D eigenvalue weighted by molar-refractivity contribution is 5.91. The van der Waals surface area contributed by atoms with Gasteiger partial charge in [-0.1, -0.05) is 0 Å². The van der Waals surface area contributed by atoms with E-state index < -0.39 is 0 Å². The first-order valence-corrected chi connectivity index (χ1v) is 7.14. The topological polar surface area (TPSA) is 77.5 Å². The second-order valence-corrected chi connectivity index (χ2v) is 4.76. The molecule has 2 rings (SSSR count). The van der Waals surface area contributed by atoms with Gasteiger partial charge in [-0.2, -0.15) is 0 Å². The Kier molecular flexibility index (Phi) is 5.97. The van der Waals surface area contributed by atoms with Gasteiger partial charge in [-0.3, -0.25) is 4.79 Å². The first-order chi connectivity index (χ1) is 10.7. The number of amides is 1. The Bertz CT molecular complexity index is 596. The van der Waals surface area contributed by atoms with Crippen LogP contribution < -0.4 is 15.8 Å². The number of nitrogens with one attached hydrogen (secondary N) is 1. The molecule has 0 aliphatic carbocycles. The molecule has 118 valence electrons. The molecule has 1 aromatic heterocycles. The van der Waals surface area contributed by atoms with Gasteiger partial charge in [0.15, 0.2) is 5.76 Å². The van der Waals surface area contributed by atoms with Gasteiger partial charge in [0.2, 0.25) is 0 Å². The minimum Gasteiger partial charge on any atom is -0.486 e. The summed E-state index contributed by atoms with van der Waals surface area (Å²) in [6, 6.07) is 8.97. The van der Waals surface area contributed by atoms with Crippen LogP contribution in [0.3, 0.4) is 0 Å². The van der Waals surface area contributed by atoms with E-state index in [4.69, 9.17) is 14.9 Å². The minimum atomic E-state index is -0.320. The monoisotopic (exact) mass is 306 g/mol. The third-order valence-electron chi connectivity index (χ3n) is 3.00. The summed E-state index contributed by atoms with van der Waals surface area (Å²) in [4.78, 5) is 11.8. The fraction of sp³-hybridized carbons (Fsp3) is 0.312. The van der Waals surface area contributed by atoms with Crippen LogP contribution >= 0.6 is 0 Å². The van der Waals surface area contributed by atoms with E-state index in [1.165, 1.54) is 24.3 Å². The van der Waals surface area contributed by atoms with E-state index in [2.05, 4.69) is 5.32 Å². The number of unbranched alkanes of at least 4 members (excludes halogenated alkanes) is 1. The first-order valence-electron chi connectivity index (χ1n) is 7.14. The Labute approximate surface area is 128 Å². The third-order valence-corrected chi connectivity index (χ3v) is 3.00. The maximum absolute atomic E-state index is 12.8. The van der Waals surface area contributed by atoms with E-state index in [0.29, 0.717) is 24.6 Å². The molecule has 1 amide bonds. The molecule has 0 aliphatic heterocycles. The SMILES string of the molecule is NCCCCNC(=O)c1ccc(COc2ccc(F)cc2)o1. The highest BCUT2D eigenvalue weighted by atomic mass is 19.1. The second kappa shape index (κ2) is 8.19. The van der Waals surface area contributed by atoms with Crippen LogP contribution in [0.4, 0.5) is 4.39 Å². The molecule has 2 aromatic rings. The third kappa shape index (κ3) is 4.89. The van der Waals surface area contributed by atoms with E-state index in [-0.39, 0.29) is 24.1 Å². The Morgan fingerprint density at radius 1 is 1.18 bits per heavy atom. The molecule has 0 spiro atoms. The number of rotatable bonds is 8. The quantitative estimate of drug-likeness (QED) is 0.734. The van der Waals surface area contributed by atoms with Gasteiger partial charge in [-0.15, -0.1) is 0 Å². The molecule has 0 aliphatic rings. The molecule has 0 fully saturated rings. The van der Waals surface area contributed by atoms with Crippen LogP contribution in [0.5, 0.6) is 5.75 Å². The Morgan fingerprint density at radius 2 is 1.95 bits per heavy atom. The van der Waals surface area contributed by atoms with Crippen molar-refractivity contribution in [3.8, 4) is 5.75 Å². The van der Waals surface area contributed by atoms with Gasteiger partial charge >= 0.3 is 0 Å². The van der Waals surface area contributed by atoms with Crippen molar-refractivity contribution in [3.05, 3.63) is 53.7 Å². The van der Waals surface area contributed by atoms with Crippen molar-refractivity contribution in [2.75, 3.05) is 13.1 Å². The summed E-state index contributed by atoms with van der Waals surface area (Å²) >= 11 is 0. The van der Waals surface area contributed by atoms with E-state index in [9.17, 15) is 9.18 Å². The maximum Gasteiger partial charge on any atom is 0.286 e. The summed E-state index contributed by atoms with van der Waals surface area (Å²) < 4.78 is 23.6. The van der Waals surface area contributed by atoms with Crippen LogP contribution in [0.15, 0.2) is 40.8 Å². The summed E-state index contributed by atoms with van der Waals surface area (Å²) in [5.41, 5.74) is 5.38. The maximum atomic E-state index is 12.8. The number of ether oxygens (including phenoxy) is 1. The number of nitrogens with two attached hydrogens (primary N) is 1. The summed E-state index contributed by atoms with van der Waals surface area (Å²) in [5, 5.41) is 2.76. The molecule has 1 heterocycles. The molecule has 0 saturated heterocycles. The summed E-state index contributed by atoms with van der Waals surface area (Å²) in [6.45, 7) is 1.35. The molecule has 0 saturated carbocycles. The first kappa shape index (κ1) is 16.0. The van der Waals surface area contributed by atoms with Gasteiger partial charge in [-0.05, 0) is 55.8 Å². The molecule has 6 heteroatoms. The lowest BCUT2D eigenvalue weighted by Gasteiger charge is -2.04. The number of carbonyl (C=O) groups excluding carboxylic acids is 1.